The van der Waals surface area contributed by atoms with Gasteiger partial charge in [0.2, 0.25) is 5.95 Å². The molecular formula is C20H33N5O2. The van der Waals surface area contributed by atoms with Gasteiger partial charge in [-0.3, -0.25) is 4.79 Å². The summed E-state index contributed by atoms with van der Waals surface area (Å²) in [6.45, 7) is 8.41. The molecule has 2 aliphatic rings. The fourth-order valence-corrected chi connectivity index (χ4v) is 3.95. The van der Waals surface area contributed by atoms with Crippen molar-refractivity contribution in [3.63, 3.8) is 0 Å². The molecule has 1 amide bonds. The van der Waals surface area contributed by atoms with E-state index in [2.05, 4.69) is 41.4 Å². The van der Waals surface area contributed by atoms with Gasteiger partial charge in [0.15, 0.2) is 0 Å². The Morgan fingerprint density at radius 1 is 1.33 bits per heavy atom. The SMILES string of the molecule is CCC1(O)CCC(C)(Nc2ncc(C(N)=O)c(NC(C)(C)C3CC3)n2)CC1. The summed E-state index contributed by atoms with van der Waals surface area (Å²) in [7, 11) is 0. The molecule has 0 spiro atoms. The van der Waals surface area contributed by atoms with Gasteiger partial charge < -0.3 is 21.5 Å². The van der Waals surface area contributed by atoms with Crippen molar-refractivity contribution < 1.29 is 9.90 Å². The highest BCUT2D eigenvalue weighted by Crippen LogP contribution is 2.41. The third-order valence-corrected chi connectivity index (χ3v) is 6.45. The van der Waals surface area contributed by atoms with E-state index in [1.165, 1.54) is 19.0 Å². The smallest absolute Gasteiger partial charge is 0.254 e. The van der Waals surface area contributed by atoms with Gasteiger partial charge in [-0.05, 0) is 71.6 Å². The number of aromatic nitrogens is 2. The predicted octanol–water partition coefficient (Wildman–Crippen LogP) is 3.06. The second-order valence-corrected chi connectivity index (χ2v) is 9.20. The summed E-state index contributed by atoms with van der Waals surface area (Å²) in [6.07, 6.45) is 7.83. The quantitative estimate of drug-likeness (QED) is 0.582. The van der Waals surface area contributed by atoms with Gasteiger partial charge in [-0.15, -0.1) is 0 Å². The average molecular weight is 376 g/mol. The minimum atomic E-state index is -0.557. The molecule has 3 rings (SSSR count). The van der Waals surface area contributed by atoms with E-state index in [1.54, 1.807) is 0 Å². The van der Waals surface area contributed by atoms with Crippen molar-refractivity contribution in [3.05, 3.63) is 11.8 Å². The number of hydrogen-bond acceptors (Lipinski definition) is 6. The number of hydrogen-bond donors (Lipinski definition) is 4. The van der Waals surface area contributed by atoms with Crippen LogP contribution in [0.4, 0.5) is 11.8 Å². The maximum atomic E-state index is 11.8. The van der Waals surface area contributed by atoms with Crippen LogP contribution in [0.2, 0.25) is 0 Å². The molecule has 2 aliphatic carbocycles. The minimum absolute atomic E-state index is 0.151. The highest BCUT2D eigenvalue weighted by Gasteiger charge is 2.40. The number of anilines is 2. The summed E-state index contributed by atoms with van der Waals surface area (Å²) in [5.74, 6) is 1.01. The molecule has 5 N–H and O–H groups in total. The Balaban J connectivity index is 1.78. The molecule has 0 unspecified atom stereocenters. The molecule has 1 aromatic rings. The molecule has 1 aromatic heterocycles. The Morgan fingerprint density at radius 3 is 2.48 bits per heavy atom. The maximum Gasteiger partial charge on any atom is 0.254 e. The van der Waals surface area contributed by atoms with E-state index < -0.39 is 11.5 Å². The molecular weight excluding hydrogens is 342 g/mol. The van der Waals surface area contributed by atoms with Crippen LogP contribution in [0.1, 0.15) is 83.0 Å². The van der Waals surface area contributed by atoms with Crippen molar-refractivity contribution in [2.24, 2.45) is 11.7 Å². The topological polar surface area (TPSA) is 113 Å². The number of carbonyl (C=O) groups is 1. The van der Waals surface area contributed by atoms with Gasteiger partial charge in [0.1, 0.15) is 5.82 Å². The zero-order chi connectivity index (χ0) is 19.9. The molecule has 2 saturated carbocycles. The van der Waals surface area contributed by atoms with Crippen LogP contribution < -0.4 is 16.4 Å². The first-order chi connectivity index (χ1) is 12.6. The number of nitrogens with zero attached hydrogens (tertiary/aromatic N) is 2. The monoisotopic (exact) mass is 375 g/mol. The fourth-order valence-electron chi connectivity index (χ4n) is 3.95. The Hall–Kier alpha value is -1.89. The highest BCUT2D eigenvalue weighted by atomic mass is 16.3. The third kappa shape index (κ3) is 4.51. The Bertz CT molecular complexity index is 706. The van der Waals surface area contributed by atoms with Crippen molar-refractivity contribution in [1.82, 2.24) is 9.97 Å². The van der Waals surface area contributed by atoms with Crippen molar-refractivity contribution in [1.29, 1.82) is 0 Å². The molecule has 2 fully saturated rings. The zero-order valence-electron chi connectivity index (χ0n) is 16.9. The van der Waals surface area contributed by atoms with E-state index >= 15 is 0 Å². The summed E-state index contributed by atoms with van der Waals surface area (Å²) < 4.78 is 0. The van der Waals surface area contributed by atoms with Crippen LogP contribution in [-0.2, 0) is 0 Å². The number of primary amides is 1. The first-order valence-electron chi connectivity index (χ1n) is 10.0. The maximum absolute atomic E-state index is 11.8. The van der Waals surface area contributed by atoms with Crippen molar-refractivity contribution >= 4 is 17.7 Å². The number of nitrogens with two attached hydrogens (primary N) is 1. The Labute approximate surface area is 161 Å². The van der Waals surface area contributed by atoms with Gasteiger partial charge >= 0.3 is 0 Å². The van der Waals surface area contributed by atoms with E-state index in [0.29, 0.717) is 23.2 Å². The summed E-state index contributed by atoms with van der Waals surface area (Å²) in [4.78, 5) is 20.7. The van der Waals surface area contributed by atoms with E-state index in [9.17, 15) is 9.90 Å². The van der Waals surface area contributed by atoms with Gasteiger partial charge in [-0.2, -0.15) is 4.98 Å². The van der Waals surface area contributed by atoms with Gasteiger partial charge in [-0.25, -0.2) is 4.98 Å². The first-order valence-corrected chi connectivity index (χ1v) is 10.0. The first kappa shape index (κ1) is 19.9. The molecule has 0 saturated heterocycles. The van der Waals surface area contributed by atoms with Gasteiger partial charge in [0.25, 0.3) is 5.91 Å². The second kappa shape index (κ2) is 6.93. The summed E-state index contributed by atoms with van der Waals surface area (Å²) in [5.41, 5.74) is 4.94. The summed E-state index contributed by atoms with van der Waals surface area (Å²) in [5, 5.41) is 17.3. The molecule has 150 valence electrons. The van der Waals surface area contributed by atoms with Crippen LogP contribution >= 0.6 is 0 Å². The standard InChI is InChI=1S/C20H33N5O2/c1-5-20(27)10-8-19(4,9-11-20)25-17-22-12-14(15(21)26)16(23-17)24-18(2,3)13-6-7-13/h12-13,27H,5-11H2,1-4H3,(H2,21,26)(H2,22,23,24,25). The molecule has 27 heavy (non-hydrogen) atoms. The van der Waals surface area contributed by atoms with Gasteiger partial charge in [0.05, 0.1) is 11.2 Å². The van der Waals surface area contributed by atoms with Crippen LogP contribution in [0.5, 0.6) is 0 Å². The molecule has 0 radical (unpaired) electrons. The average Bonchev–Trinajstić information content (AvgIpc) is 3.43. The largest absolute Gasteiger partial charge is 0.390 e. The predicted molar refractivity (Wildman–Crippen MR) is 107 cm³/mol. The molecule has 1 heterocycles. The zero-order valence-corrected chi connectivity index (χ0v) is 16.9. The number of rotatable bonds is 7. The number of amides is 1. The number of carbonyl (C=O) groups excluding carboxylic acids is 1. The summed E-state index contributed by atoms with van der Waals surface area (Å²) in [6, 6.07) is 0. The van der Waals surface area contributed by atoms with Crippen LogP contribution in [-0.4, -0.2) is 37.7 Å². The fraction of sp³-hybridized carbons (Fsp3) is 0.750. The van der Waals surface area contributed by atoms with Crippen molar-refractivity contribution in [2.45, 2.75) is 89.3 Å². The molecule has 7 nitrogen and oxygen atoms in total. The van der Waals surface area contributed by atoms with E-state index in [0.717, 1.165) is 32.1 Å². The molecule has 0 bridgehead atoms. The van der Waals surface area contributed by atoms with Crippen LogP contribution in [0.25, 0.3) is 0 Å². The van der Waals surface area contributed by atoms with Crippen LogP contribution in [0.3, 0.4) is 0 Å². The van der Waals surface area contributed by atoms with E-state index in [1.807, 2.05) is 6.92 Å². The molecule has 7 heteroatoms. The van der Waals surface area contributed by atoms with Crippen LogP contribution in [0, 0.1) is 5.92 Å². The van der Waals surface area contributed by atoms with Crippen LogP contribution in [0.15, 0.2) is 6.20 Å². The van der Waals surface area contributed by atoms with E-state index in [4.69, 9.17) is 5.73 Å². The van der Waals surface area contributed by atoms with Crippen molar-refractivity contribution in [3.8, 4) is 0 Å². The van der Waals surface area contributed by atoms with Gasteiger partial charge in [-0.1, -0.05) is 6.92 Å². The Kier molecular flexibility index (Phi) is 5.10. The molecule has 0 atom stereocenters. The molecule has 0 aliphatic heterocycles. The second-order valence-electron chi connectivity index (χ2n) is 9.20. The van der Waals surface area contributed by atoms with Gasteiger partial charge in [0, 0.05) is 17.3 Å². The van der Waals surface area contributed by atoms with E-state index in [-0.39, 0.29) is 11.1 Å². The normalized spacial score (nSPS) is 28.6. The Morgan fingerprint density at radius 2 is 1.96 bits per heavy atom. The number of aliphatic hydroxyl groups is 1. The molecule has 0 aromatic carbocycles. The number of nitrogens with one attached hydrogen (secondary N) is 2. The lowest BCUT2D eigenvalue weighted by Gasteiger charge is -2.42. The van der Waals surface area contributed by atoms with Crippen molar-refractivity contribution in [2.75, 3.05) is 10.6 Å². The highest BCUT2D eigenvalue weighted by molar-refractivity contribution is 5.97. The lowest BCUT2D eigenvalue weighted by atomic mass is 9.74. The lowest BCUT2D eigenvalue weighted by Crippen LogP contribution is -2.45. The third-order valence-electron chi connectivity index (χ3n) is 6.45. The minimum Gasteiger partial charge on any atom is -0.390 e. The lowest BCUT2D eigenvalue weighted by molar-refractivity contribution is -0.0127. The summed E-state index contributed by atoms with van der Waals surface area (Å²) >= 11 is 0.